The van der Waals surface area contributed by atoms with Crippen LogP contribution in [0.15, 0.2) is 18.2 Å². The molecule has 5 heteroatoms. The molecule has 1 aliphatic heterocycles. The Kier molecular flexibility index (Phi) is 2.57. The molecular weight excluding hydrogens is 196 g/mol. The highest BCUT2D eigenvalue weighted by Gasteiger charge is 2.21. The van der Waals surface area contributed by atoms with Crippen molar-refractivity contribution in [1.82, 2.24) is 5.48 Å². The maximum Gasteiger partial charge on any atom is 0.264 e. The van der Waals surface area contributed by atoms with Crippen LogP contribution in [-0.4, -0.2) is 24.8 Å². The summed E-state index contributed by atoms with van der Waals surface area (Å²) in [5.41, 5.74) is 3.70. The number of hydrogen-bond donors (Lipinski definition) is 2. The van der Waals surface area contributed by atoms with Gasteiger partial charge in [0.15, 0.2) is 6.61 Å². The Morgan fingerprint density at radius 3 is 3.13 bits per heavy atom. The average Bonchev–Trinajstić information content (AvgIpc) is 2.25. The lowest BCUT2D eigenvalue weighted by atomic mass is 10.1. The Balaban J connectivity index is 2.36. The molecule has 0 unspecified atom stereocenters. The van der Waals surface area contributed by atoms with Crippen LogP contribution in [0.2, 0.25) is 0 Å². The smallest absolute Gasteiger partial charge is 0.264 e. The van der Waals surface area contributed by atoms with Crippen molar-refractivity contribution < 1.29 is 14.7 Å². The zero-order valence-corrected chi connectivity index (χ0v) is 8.36. The number of ether oxygens (including phenoxy) is 1. The predicted octanol–water partition coefficient (Wildman–Crippen LogP) is 0.521. The van der Waals surface area contributed by atoms with Crippen molar-refractivity contribution in [2.75, 3.05) is 18.6 Å². The van der Waals surface area contributed by atoms with Gasteiger partial charge in [0.05, 0.1) is 5.69 Å². The molecular formula is C10H12N2O3. The highest BCUT2D eigenvalue weighted by atomic mass is 16.5. The van der Waals surface area contributed by atoms with Gasteiger partial charge in [-0.05, 0) is 17.7 Å². The number of carbonyl (C=O) groups is 1. The van der Waals surface area contributed by atoms with Crippen molar-refractivity contribution in [2.45, 2.75) is 6.54 Å². The standard InChI is InChI=1S/C10H12N2O3/c1-12-8-4-7(5-11-14)2-3-9(8)15-6-10(12)13/h2-4,11,14H,5-6H2,1H3. The third-order valence-corrected chi connectivity index (χ3v) is 2.39. The van der Waals surface area contributed by atoms with Crippen molar-refractivity contribution in [1.29, 1.82) is 0 Å². The van der Waals surface area contributed by atoms with Crippen LogP contribution in [0.4, 0.5) is 5.69 Å². The van der Waals surface area contributed by atoms with Crippen molar-refractivity contribution in [3.8, 4) is 5.75 Å². The monoisotopic (exact) mass is 208 g/mol. The summed E-state index contributed by atoms with van der Waals surface area (Å²) in [4.78, 5) is 12.9. The average molecular weight is 208 g/mol. The number of hydrogen-bond acceptors (Lipinski definition) is 4. The first-order valence-corrected chi connectivity index (χ1v) is 4.61. The number of rotatable bonds is 2. The molecule has 0 saturated heterocycles. The Labute approximate surface area is 87.2 Å². The van der Waals surface area contributed by atoms with Crippen molar-refractivity contribution in [3.63, 3.8) is 0 Å². The molecule has 1 amide bonds. The van der Waals surface area contributed by atoms with Gasteiger partial charge < -0.3 is 14.8 Å². The molecule has 5 nitrogen and oxygen atoms in total. The number of nitrogens with zero attached hydrogens (tertiary/aromatic N) is 1. The molecule has 0 fully saturated rings. The number of amides is 1. The minimum absolute atomic E-state index is 0.0726. The Hall–Kier alpha value is -1.59. The SMILES string of the molecule is CN1C(=O)COc2ccc(CNO)cc21. The van der Waals surface area contributed by atoms with E-state index in [1.54, 1.807) is 18.0 Å². The molecule has 15 heavy (non-hydrogen) atoms. The Bertz CT molecular complexity index is 392. The van der Waals surface area contributed by atoms with Gasteiger partial charge in [0.25, 0.3) is 5.91 Å². The summed E-state index contributed by atoms with van der Waals surface area (Å²) in [7, 11) is 1.71. The van der Waals surface area contributed by atoms with Crippen LogP contribution in [0.1, 0.15) is 5.56 Å². The number of likely N-dealkylation sites (N-methyl/N-ethyl adjacent to an activating group) is 1. The summed E-state index contributed by atoms with van der Waals surface area (Å²) < 4.78 is 5.27. The molecule has 1 aromatic carbocycles. The van der Waals surface area contributed by atoms with E-state index in [1.165, 1.54) is 0 Å². The Morgan fingerprint density at radius 2 is 2.40 bits per heavy atom. The van der Waals surface area contributed by atoms with Crippen LogP contribution in [0.25, 0.3) is 0 Å². The van der Waals surface area contributed by atoms with Gasteiger partial charge in [0.2, 0.25) is 0 Å². The number of fused-ring (bicyclic) bond motifs is 1. The topological polar surface area (TPSA) is 61.8 Å². The van der Waals surface area contributed by atoms with Crippen LogP contribution in [0, 0.1) is 0 Å². The maximum atomic E-state index is 11.4. The first-order valence-electron chi connectivity index (χ1n) is 4.61. The van der Waals surface area contributed by atoms with E-state index >= 15 is 0 Å². The minimum atomic E-state index is -0.0726. The van der Waals surface area contributed by atoms with Gasteiger partial charge in [-0.25, -0.2) is 5.48 Å². The van der Waals surface area contributed by atoms with Gasteiger partial charge in [-0.3, -0.25) is 4.79 Å². The van der Waals surface area contributed by atoms with E-state index in [2.05, 4.69) is 5.48 Å². The first-order chi connectivity index (χ1) is 7.22. The minimum Gasteiger partial charge on any atom is -0.482 e. The second-order valence-electron chi connectivity index (χ2n) is 3.38. The number of nitrogens with one attached hydrogen (secondary N) is 1. The quantitative estimate of drug-likeness (QED) is 0.695. The Morgan fingerprint density at radius 1 is 1.60 bits per heavy atom. The molecule has 1 heterocycles. The molecule has 1 aliphatic rings. The molecule has 2 rings (SSSR count). The van der Waals surface area contributed by atoms with Crippen LogP contribution < -0.4 is 15.1 Å². The second-order valence-corrected chi connectivity index (χ2v) is 3.38. The molecule has 0 bridgehead atoms. The fourth-order valence-electron chi connectivity index (χ4n) is 1.52. The maximum absolute atomic E-state index is 11.4. The van der Waals surface area contributed by atoms with Gasteiger partial charge in [0, 0.05) is 13.6 Å². The number of benzene rings is 1. The highest BCUT2D eigenvalue weighted by molar-refractivity contribution is 5.97. The molecule has 2 N–H and O–H groups in total. The molecule has 0 aromatic heterocycles. The van der Waals surface area contributed by atoms with Crippen LogP contribution >= 0.6 is 0 Å². The van der Waals surface area contributed by atoms with E-state index in [9.17, 15) is 4.79 Å². The largest absolute Gasteiger partial charge is 0.482 e. The highest BCUT2D eigenvalue weighted by Crippen LogP contribution is 2.31. The molecule has 1 aromatic rings. The van der Waals surface area contributed by atoms with Gasteiger partial charge >= 0.3 is 0 Å². The summed E-state index contributed by atoms with van der Waals surface area (Å²) >= 11 is 0. The van der Waals surface area contributed by atoms with E-state index in [4.69, 9.17) is 9.94 Å². The van der Waals surface area contributed by atoms with Gasteiger partial charge in [0.1, 0.15) is 5.75 Å². The lowest BCUT2D eigenvalue weighted by Crippen LogP contribution is -2.35. The van der Waals surface area contributed by atoms with Crippen molar-refractivity contribution >= 4 is 11.6 Å². The zero-order chi connectivity index (χ0) is 10.8. The van der Waals surface area contributed by atoms with E-state index < -0.39 is 0 Å². The van der Waals surface area contributed by atoms with Crippen LogP contribution in [-0.2, 0) is 11.3 Å². The summed E-state index contributed by atoms with van der Waals surface area (Å²) in [5.74, 6) is 0.621. The first kappa shape index (κ1) is 9.95. The molecule has 0 saturated carbocycles. The summed E-state index contributed by atoms with van der Waals surface area (Å²) in [6.45, 7) is 0.427. The molecule has 80 valence electrons. The van der Waals surface area contributed by atoms with E-state index in [0.29, 0.717) is 12.3 Å². The lowest BCUT2D eigenvalue weighted by molar-refractivity contribution is -0.120. The van der Waals surface area contributed by atoms with Gasteiger partial charge in [-0.1, -0.05) is 6.07 Å². The molecule has 0 atom stereocenters. The van der Waals surface area contributed by atoms with E-state index in [-0.39, 0.29) is 12.5 Å². The number of hydroxylamine groups is 1. The molecule has 0 radical (unpaired) electrons. The van der Waals surface area contributed by atoms with Crippen LogP contribution in [0.3, 0.4) is 0 Å². The predicted molar refractivity (Wildman–Crippen MR) is 54.0 cm³/mol. The van der Waals surface area contributed by atoms with Gasteiger partial charge in [-0.15, -0.1) is 0 Å². The third kappa shape index (κ3) is 1.79. The molecule has 0 aliphatic carbocycles. The second kappa shape index (κ2) is 3.88. The number of carbonyl (C=O) groups excluding carboxylic acids is 1. The fraction of sp³-hybridized carbons (Fsp3) is 0.300. The molecule has 0 spiro atoms. The van der Waals surface area contributed by atoms with Gasteiger partial charge in [-0.2, -0.15) is 0 Å². The lowest BCUT2D eigenvalue weighted by Gasteiger charge is -2.26. The van der Waals surface area contributed by atoms with E-state index in [1.807, 2.05) is 12.1 Å². The summed E-state index contributed by atoms with van der Waals surface area (Å²) in [6.07, 6.45) is 0. The van der Waals surface area contributed by atoms with Crippen molar-refractivity contribution in [3.05, 3.63) is 23.8 Å². The normalized spacial score (nSPS) is 14.8. The zero-order valence-electron chi connectivity index (χ0n) is 8.36. The number of anilines is 1. The third-order valence-electron chi connectivity index (χ3n) is 2.39. The van der Waals surface area contributed by atoms with Crippen LogP contribution in [0.5, 0.6) is 5.75 Å². The van der Waals surface area contributed by atoms with E-state index in [0.717, 1.165) is 11.3 Å². The summed E-state index contributed by atoms with van der Waals surface area (Å²) in [5, 5.41) is 8.58. The fourth-order valence-corrected chi connectivity index (χ4v) is 1.52. The summed E-state index contributed by atoms with van der Waals surface area (Å²) in [6, 6.07) is 5.45. The van der Waals surface area contributed by atoms with Crippen molar-refractivity contribution in [2.24, 2.45) is 0 Å².